The third-order valence-electron chi connectivity index (χ3n) is 2.06. The van der Waals surface area contributed by atoms with Gasteiger partial charge in [-0.1, -0.05) is 6.07 Å². The molecule has 17 heavy (non-hydrogen) atoms. The van der Waals surface area contributed by atoms with Crippen molar-refractivity contribution in [2.75, 3.05) is 18.8 Å². The Hall–Kier alpha value is -1.56. The quantitative estimate of drug-likeness (QED) is 0.570. The highest BCUT2D eigenvalue weighted by Gasteiger charge is 2.10. The molecule has 0 atom stereocenters. The Morgan fingerprint density at radius 1 is 1.29 bits per heavy atom. The van der Waals surface area contributed by atoms with Crippen LogP contribution in [0, 0.1) is 0 Å². The molecule has 0 radical (unpaired) electrons. The summed E-state index contributed by atoms with van der Waals surface area (Å²) in [7, 11) is 0. The van der Waals surface area contributed by atoms with E-state index in [4.69, 9.17) is 5.73 Å². The number of anilines is 1. The van der Waals surface area contributed by atoms with Crippen LogP contribution in [0.2, 0.25) is 0 Å². The summed E-state index contributed by atoms with van der Waals surface area (Å²) in [6.07, 6.45) is 0. The van der Waals surface area contributed by atoms with Gasteiger partial charge in [-0.15, -0.1) is 0 Å². The van der Waals surface area contributed by atoms with E-state index in [9.17, 15) is 9.59 Å². The highest BCUT2D eigenvalue weighted by Crippen LogP contribution is 2.23. The number of nitrogens with one attached hydrogen (secondary N) is 2. The molecule has 5 nitrogen and oxygen atoms in total. The molecule has 2 amide bonds. The third kappa shape index (κ3) is 4.07. The fourth-order valence-electron chi connectivity index (χ4n) is 1.23. The Kier molecular flexibility index (Phi) is 4.96. The van der Waals surface area contributed by atoms with E-state index in [2.05, 4.69) is 26.6 Å². The van der Waals surface area contributed by atoms with Crippen molar-refractivity contribution < 1.29 is 9.59 Å². The van der Waals surface area contributed by atoms with Crippen LogP contribution in [-0.4, -0.2) is 24.9 Å². The first-order valence-corrected chi connectivity index (χ1v) is 5.88. The molecule has 0 aliphatic rings. The molecule has 0 aliphatic heterocycles. The van der Waals surface area contributed by atoms with Crippen molar-refractivity contribution in [3.63, 3.8) is 0 Å². The maximum atomic E-state index is 11.8. The highest BCUT2D eigenvalue weighted by atomic mass is 79.9. The van der Waals surface area contributed by atoms with Crippen LogP contribution < -0.4 is 16.4 Å². The second kappa shape index (κ2) is 6.24. The minimum Gasteiger partial charge on any atom is -0.398 e. The Morgan fingerprint density at radius 2 is 1.94 bits per heavy atom. The number of amides is 2. The molecule has 0 bridgehead atoms. The normalized spacial score (nSPS) is 9.76. The number of rotatable bonds is 4. The molecule has 1 aromatic rings. The van der Waals surface area contributed by atoms with Gasteiger partial charge in [0.2, 0.25) is 5.91 Å². The van der Waals surface area contributed by atoms with Crippen molar-refractivity contribution in [1.29, 1.82) is 0 Å². The predicted octanol–water partition coefficient (Wildman–Crippen LogP) is 0.897. The van der Waals surface area contributed by atoms with Crippen LogP contribution >= 0.6 is 15.9 Å². The first-order chi connectivity index (χ1) is 8.02. The van der Waals surface area contributed by atoms with Crippen LogP contribution in [0.25, 0.3) is 0 Å². The molecule has 0 fully saturated rings. The van der Waals surface area contributed by atoms with Gasteiger partial charge in [0.1, 0.15) is 0 Å². The maximum Gasteiger partial charge on any atom is 0.252 e. The Balaban J connectivity index is 2.53. The number of nitrogens with two attached hydrogens (primary N) is 1. The number of nitrogen functional groups attached to an aromatic ring is 1. The van der Waals surface area contributed by atoms with E-state index in [1.165, 1.54) is 6.92 Å². The standard InChI is InChI=1S/C11H14BrN3O2/c1-7(16)14-5-6-15-11(17)8-3-2-4-9(13)10(8)12/h2-4H,5-6,13H2,1H3,(H,14,16)(H,15,17). The average Bonchev–Trinajstić information content (AvgIpc) is 2.27. The number of carbonyl (C=O) groups is 2. The Bertz CT molecular complexity index is 435. The fraction of sp³-hybridized carbons (Fsp3) is 0.273. The monoisotopic (exact) mass is 299 g/mol. The lowest BCUT2D eigenvalue weighted by atomic mass is 10.2. The minimum atomic E-state index is -0.227. The van der Waals surface area contributed by atoms with E-state index < -0.39 is 0 Å². The predicted molar refractivity (Wildman–Crippen MR) is 69.6 cm³/mol. The van der Waals surface area contributed by atoms with Gasteiger partial charge < -0.3 is 16.4 Å². The maximum absolute atomic E-state index is 11.8. The molecule has 0 aromatic heterocycles. The molecule has 0 spiro atoms. The van der Waals surface area contributed by atoms with E-state index in [1.54, 1.807) is 18.2 Å². The summed E-state index contributed by atoms with van der Waals surface area (Å²) < 4.78 is 0.581. The van der Waals surface area contributed by atoms with Gasteiger partial charge in [-0.25, -0.2) is 0 Å². The van der Waals surface area contributed by atoms with Crippen LogP contribution in [0.4, 0.5) is 5.69 Å². The molecule has 4 N–H and O–H groups in total. The second-order valence-corrected chi connectivity index (χ2v) is 4.24. The lowest BCUT2D eigenvalue weighted by Crippen LogP contribution is -2.33. The molecule has 0 saturated heterocycles. The van der Waals surface area contributed by atoms with Crippen molar-refractivity contribution in [2.45, 2.75) is 6.92 Å². The molecular weight excluding hydrogens is 286 g/mol. The van der Waals surface area contributed by atoms with Crippen LogP contribution in [0.1, 0.15) is 17.3 Å². The van der Waals surface area contributed by atoms with Crippen molar-refractivity contribution in [3.8, 4) is 0 Å². The smallest absolute Gasteiger partial charge is 0.252 e. The summed E-state index contributed by atoms with van der Waals surface area (Å²) in [5.41, 5.74) is 6.66. The summed E-state index contributed by atoms with van der Waals surface area (Å²) in [5.74, 6) is -0.348. The summed E-state index contributed by atoms with van der Waals surface area (Å²) in [5, 5.41) is 5.27. The van der Waals surface area contributed by atoms with Crippen LogP contribution in [0.3, 0.4) is 0 Å². The number of hydrogen-bond donors (Lipinski definition) is 3. The molecule has 1 rings (SSSR count). The van der Waals surface area contributed by atoms with Crippen molar-refractivity contribution in [3.05, 3.63) is 28.2 Å². The van der Waals surface area contributed by atoms with E-state index in [-0.39, 0.29) is 11.8 Å². The zero-order valence-electron chi connectivity index (χ0n) is 9.42. The summed E-state index contributed by atoms with van der Waals surface area (Å²) in [4.78, 5) is 22.4. The van der Waals surface area contributed by atoms with Gasteiger partial charge in [-0.05, 0) is 28.1 Å². The van der Waals surface area contributed by atoms with Gasteiger partial charge in [-0.2, -0.15) is 0 Å². The second-order valence-electron chi connectivity index (χ2n) is 3.45. The molecule has 6 heteroatoms. The van der Waals surface area contributed by atoms with Crippen LogP contribution in [-0.2, 0) is 4.79 Å². The SMILES string of the molecule is CC(=O)NCCNC(=O)c1cccc(N)c1Br. The summed E-state index contributed by atoms with van der Waals surface area (Å²) in [6, 6.07) is 5.09. The van der Waals surface area contributed by atoms with Crippen LogP contribution in [0.15, 0.2) is 22.7 Å². The topological polar surface area (TPSA) is 84.2 Å². The van der Waals surface area contributed by atoms with E-state index in [1.807, 2.05) is 0 Å². The fourth-order valence-corrected chi connectivity index (χ4v) is 1.68. The molecule has 0 unspecified atom stereocenters. The first-order valence-electron chi connectivity index (χ1n) is 5.09. The largest absolute Gasteiger partial charge is 0.398 e. The third-order valence-corrected chi connectivity index (χ3v) is 2.94. The van der Waals surface area contributed by atoms with Gasteiger partial charge in [0, 0.05) is 25.7 Å². The van der Waals surface area contributed by atoms with E-state index >= 15 is 0 Å². The Labute approximate surface area is 108 Å². The molecule has 0 saturated carbocycles. The molecule has 0 heterocycles. The number of halogens is 1. The Morgan fingerprint density at radius 3 is 2.59 bits per heavy atom. The summed E-state index contributed by atoms with van der Waals surface area (Å²) in [6.45, 7) is 2.21. The number of carbonyl (C=O) groups excluding carboxylic acids is 2. The van der Waals surface area contributed by atoms with Gasteiger partial charge in [0.15, 0.2) is 0 Å². The molecular formula is C11H14BrN3O2. The number of benzene rings is 1. The molecule has 0 aliphatic carbocycles. The van der Waals surface area contributed by atoms with Crippen molar-refractivity contribution in [2.24, 2.45) is 0 Å². The van der Waals surface area contributed by atoms with Crippen LogP contribution in [0.5, 0.6) is 0 Å². The van der Waals surface area contributed by atoms with Crippen molar-refractivity contribution in [1.82, 2.24) is 10.6 Å². The van der Waals surface area contributed by atoms with E-state index in [0.717, 1.165) is 0 Å². The van der Waals surface area contributed by atoms with Crippen molar-refractivity contribution >= 4 is 33.4 Å². The summed E-state index contributed by atoms with van der Waals surface area (Å²) >= 11 is 3.26. The average molecular weight is 300 g/mol. The lowest BCUT2D eigenvalue weighted by molar-refractivity contribution is -0.118. The van der Waals surface area contributed by atoms with E-state index in [0.29, 0.717) is 28.8 Å². The van der Waals surface area contributed by atoms with Gasteiger partial charge >= 0.3 is 0 Å². The van der Waals surface area contributed by atoms with Gasteiger partial charge in [0.25, 0.3) is 5.91 Å². The zero-order chi connectivity index (χ0) is 12.8. The number of hydrogen-bond acceptors (Lipinski definition) is 3. The zero-order valence-corrected chi connectivity index (χ0v) is 11.0. The van der Waals surface area contributed by atoms with Gasteiger partial charge in [-0.3, -0.25) is 9.59 Å². The molecule has 1 aromatic carbocycles. The minimum absolute atomic E-state index is 0.121. The highest BCUT2D eigenvalue weighted by molar-refractivity contribution is 9.10. The lowest BCUT2D eigenvalue weighted by Gasteiger charge is -2.08. The van der Waals surface area contributed by atoms with Gasteiger partial charge in [0.05, 0.1) is 10.0 Å². The molecule has 92 valence electrons. The first kappa shape index (κ1) is 13.5.